The average molecular weight is 278 g/mol. The van der Waals surface area contributed by atoms with E-state index in [0.29, 0.717) is 6.42 Å². The van der Waals surface area contributed by atoms with E-state index in [2.05, 4.69) is 25.8 Å². The molecule has 1 aliphatic rings. The third-order valence-electron chi connectivity index (χ3n) is 3.35. The van der Waals surface area contributed by atoms with E-state index in [0.717, 1.165) is 35.4 Å². The maximum atomic E-state index is 5.39. The van der Waals surface area contributed by atoms with Crippen molar-refractivity contribution in [1.29, 1.82) is 0 Å². The minimum absolute atomic E-state index is 0.223. The van der Waals surface area contributed by atoms with Crippen LogP contribution in [0.2, 0.25) is 0 Å². The predicted molar refractivity (Wildman–Crippen MR) is 73.2 cm³/mol. The lowest BCUT2D eigenvalue weighted by molar-refractivity contribution is 0.325. The molecule has 0 aliphatic carbocycles. The molecule has 19 heavy (non-hydrogen) atoms. The molecule has 0 radical (unpaired) electrons. The molecule has 1 fully saturated rings. The van der Waals surface area contributed by atoms with Gasteiger partial charge in [-0.3, -0.25) is 0 Å². The largest absolute Gasteiger partial charge is 0.338 e. The maximum Gasteiger partial charge on any atom is 0.243 e. The van der Waals surface area contributed by atoms with Crippen LogP contribution in [0.25, 0.3) is 0 Å². The Morgan fingerprint density at radius 2 is 2.32 bits per heavy atom. The van der Waals surface area contributed by atoms with Crippen molar-refractivity contribution in [3.63, 3.8) is 0 Å². The summed E-state index contributed by atoms with van der Waals surface area (Å²) in [6, 6.07) is 0.223. The van der Waals surface area contributed by atoms with Crippen LogP contribution in [-0.4, -0.2) is 21.7 Å². The van der Waals surface area contributed by atoms with Gasteiger partial charge in [0.05, 0.1) is 23.2 Å². The molecule has 0 amide bonds. The molecule has 1 unspecified atom stereocenters. The first-order valence-corrected chi connectivity index (χ1v) is 7.66. The van der Waals surface area contributed by atoms with Crippen LogP contribution in [0.4, 0.5) is 0 Å². The molecule has 6 heteroatoms. The van der Waals surface area contributed by atoms with Gasteiger partial charge in [0.15, 0.2) is 5.82 Å². The van der Waals surface area contributed by atoms with Gasteiger partial charge in [0.25, 0.3) is 0 Å². The summed E-state index contributed by atoms with van der Waals surface area (Å²) >= 11 is 1.65. The predicted octanol–water partition coefficient (Wildman–Crippen LogP) is 2.63. The number of hydrogen-bond donors (Lipinski definition) is 1. The zero-order valence-electron chi connectivity index (χ0n) is 11.1. The summed E-state index contributed by atoms with van der Waals surface area (Å²) < 4.78 is 5.39. The van der Waals surface area contributed by atoms with Crippen LogP contribution in [-0.2, 0) is 6.42 Å². The van der Waals surface area contributed by atoms with Crippen LogP contribution in [0.15, 0.2) is 9.90 Å². The van der Waals surface area contributed by atoms with Crippen LogP contribution in [0, 0.1) is 6.92 Å². The molecule has 102 valence electrons. The molecule has 2 aromatic rings. The van der Waals surface area contributed by atoms with Gasteiger partial charge in [0, 0.05) is 5.38 Å². The van der Waals surface area contributed by atoms with Gasteiger partial charge < -0.3 is 9.84 Å². The highest BCUT2D eigenvalue weighted by Gasteiger charge is 2.20. The minimum Gasteiger partial charge on any atom is -0.338 e. The smallest absolute Gasteiger partial charge is 0.243 e. The number of hydrogen-bond acceptors (Lipinski definition) is 6. The second-order valence-corrected chi connectivity index (χ2v) is 6.00. The average Bonchev–Trinajstić information content (AvgIpc) is 2.92. The monoisotopic (exact) mass is 278 g/mol. The number of thiazole rings is 1. The second-order valence-electron chi connectivity index (χ2n) is 4.94. The lowest BCUT2D eigenvalue weighted by atomic mass is 10.1. The number of aromatic nitrogens is 3. The molecule has 3 rings (SSSR count). The Bertz CT molecular complexity index is 528. The fourth-order valence-corrected chi connectivity index (χ4v) is 2.98. The van der Waals surface area contributed by atoms with Gasteiger partial charge in [-0.05, 0) is 26.3 Å². The van der Waals surface area contributed by atoms with Gasteiger partial charge in [0.2, 0.25) is 5.89 Å². The van der Waals surface area contributed by atoms with E-state index in [4.69, 9.17) is 4.52 Å². The standard InChI is InChI=1S/C13H18N4OS/c1-9-15-10(8-19-9)7-12-16-13(18-17-12)11-5-3-2-4-6-14-11/h8,11,14H,2-7H2,1H3. The van der Waals surface area contributed by atoms with Gasteiger partial charge in [-0.1, -0.05) is 18.0 Å². The van der Waals surface area contributed by atoms with Crippen molar-refractivity contribution in [1.82, 2.24) is 20.4 Å². The molecule has 0 spiro atoms. The van der Waals surface area contributed by atoms with Gasteiger partial charge in [0.1, 0.15) is 0 Å². The van der Waals surface area contributed by atoms with Crippen molar-refractivity contribution in [2.75, 3.05) is 6.54 Å². The van der Waals surface area contributed by atoms with Crippen molar-refractivity contribution in [3.05, 3.63) is 27.8 Å². The topological polar surface area (TPSA) is 63.8 Å². The molecule has 3 heterocycles. The van der Waals surface area contributed by atoms with E-state index < -0.39 is 0 Å². The molecule has 0 bridgehead atoms. The van der Waals surface area contributed by atoms with E-state index in [1.54, 1.807) is 11.3 Å². The number of nitrogens with one attached hydrogen (secondary N) is 1. The normalized spacial score (nSPS) is 20.4. The molecule has 2 aromatic heterocycles. The first kappa shape index (κ1) is 12.7. The molecule has 1 aliphatic heterocycles. The Balaban J connectivity index is 1.68. The number of rotatable bonds is 3. The van der Waals surface area contributed by atoms with Gasteiger partial charge in [-0.2, -0.15) is 4.98 Å². The van der Waals surface area contributed by atoms with Crippen LogP contribution < -0.4 is 5.32 Å². The highest BCUT2D eigenvalue weighted by molar-refractivity contribution is 7.09. The molecule has 1 atom stereocenters. The fourth-order valence-electron chi connectivity index (χ4n) is 2.37. The molecular formula is C13H18N4OS. The van der Waals surface area contributed by atoms with Crippen molar-refractivity contribution < 1.29 is 4.52 Å². The molecule has 0 aromatic carbocycles. The first-order valence-electron chi connectivity index (χ1n) is 6.78. The Hall–Kier alpha value is -1.27. The Kier molecular flexibility index (Phi) is 3.89. The van der Waals surface area contributed by atoms with Crippen molar-refractivity contribution in [2.24, 2.45) is 0 Å². The third-order valence-corrected chi connectivity index (χ3v) is 4.17. The quantitative estimate of drug-likeness (QED) is 0.935. The number of aryl methyl sites for hydroxylation is 1. The first-order chi connectivity index (χ1) is 9.31. The fraction of sp³-hybridized carbons (Fsp3) is 0.615. The highest BCUT2D eigenvalue weighted by atomic mass is 32.1. The summed E-state index contributed by atoms with van der Waals surface area (Å²) in [6.45, 7) is 3.04. The summed E-state index contributed by atoms with van der Waals surface area (Å²) in [7, 11) is 0. The molecular weight excluding hydrogens is 260 g/mol. The molecule has 1 saturated heterocycles. The van der Waals surface area contributed by atoms with Crippen LogP contribution >= 0.6 is 11.3 Å². The van der Waals surface area contributed by atoms with E-state index >= 15 is 0 Å². The summed E-state index contributed by atoms with van der Waals surface area (Å²) in [6.07, 6.45) is 5.47. The summed E-state index contributed by atoms with van der Waals surface area (Å²) in [5.41, 5.74) is 1.02. The summed E-state index contributed by atoms with van der Waals surface area (Å²) in [4.78, 5) is 8.93. The van der Waals surface area contributed by atoms with Gasteiger partial charge in [-0.25, -0.2) is 4.98 Å². The van der Waals surface area contributed by atoms with E-state index in [9.17, 15) is 0 Å². The number of nitrogens with zero attached hydrogens (tertiary/aromatic N) is 3. The van der Waals surface area contributed by atoms with Crippen molar-refractivity contribution >= 4 is 11.3 Å². The molecule has 5 nitrogen and oxygen atoms in total. The zero-order chi connectivity index (χ0) is 13.1. The lowest BCUT2D eigenvalue weighted by Gasteiger charge is -2.09. The van der Waals surface area contributed by atoms with Gasteiger partial charge in [-0.15, -0.1) is 11.3 Å². The van der Waals surface area contributed by atoms with E-state index in [-0.39, 0.29) is 6.04 Å². The molecule has 0 saturated carbocycles. The summed E-state index contributed by atoms with van der Waals surface area (Å²) in [5.74, 6) is 1.45. The van der Waals surface area contributed by atoms with Crippen LogP contribution in [0.1, 0.15) is 54.1 Å². The maximum absolute atomic E-state index is 5.39. The van der Waals surface area contributed by atoms with Gasteiger partial charge >= 0.3 is 0 Å². The lowest BCUT2D eigenvalue weighted by Crippen LogP contribution is -2.20. The zero-order valence-corrected chi connectivity index (χ0v) is 11.9. The highest BCUT2D eigenvalue weighted by Crippen LogP contribution is 2.21. The summed E-state index contributed by atoms with van der Waals surface area (Å²) in [5, 5.41) is 10.7. The van der Waals surface area contributed by atoms with Crippen LogP contribution in [0.3, 0.4) is 0 Å². The molecule has 1 N–H and O–H groups in total. The van der Waals surface area contributed by atoms with E-state index in [1.807, 2.05) is 6.92 Å². The van der Waals surface area contributed by atoms with Crippen molar-refractivity contribution in [3.8, 4) is 0 Å². The SMILES string of the molecule is Cc1nc(Cc2noc(C3CCCCCN3)n2)cs1. The Morgan fingerprint density at radius 1 is 1.37 bits per heavy atom. The Labute approximate surface area is 116 Å². The third kappa shape index (κ3) is 3.19. The van der Waals surface area contributed by atoms with E-state index in [1.165, 1.54) is 19.3 Å². The Morgan fingerprint density at radius 3 is 3.16 bits per heavy atom. The van der Waals surface area contributed by atoms with Crippen molar-refractivity contribution in [2.45, 2.75) is 45.1 Å². The second kappa shape index (κ2) is 5.79. The minimum atomic E-state index is 0.223. The van der Waals surface area contributed by atoms with Crippen LogP contribution in [0.5, 0.6) is 0 Å².